The molecule has 2 aromatic rings. The van der Waals surface area contributed by atoms with Gasteiger partial charge in [-0.3, -0.25) is 14.5 Å². The van der Waals surface area contributed by atoms with Crippen LogP contribution in [0.1, 0.15) is 12.5 Å². The van der Waals surface area contributed by atoms with Crippen molar-refractivity contribution in [2.24, 2.45) is 0 Å². The van der Waals surface area contributed by atoms with Gasteiger partial charge in [-0.15, -0.1) is 0 Å². The molecule has 0 radical (unpaired) electrons. The van der Waals surface area contributed by atoms with Crippen molar-refractivity contribution in [3.63, 3.8) is 0 Å². The van der Waals surface area contributed by atoms with Gasteiger partial charge in [0.1, 0.15) is 6.10 Å². The normalized spacial score (nSPS) is 15.8. The van der Waals surface area contributed by atoms with E-state index in [9.17, 15) is 9.59 Å². The number of amides is 2. The number of hydrogen-bond donors (Lipinski definition) is 1. The van der Waals surface area contributed by atoms with E-state index in [4.69, 9.17) is 4.74 Å². The lowest BCUT2D eigenvalue weighted by Crippen LogP contribution is -2.52. The number of nitrogens with one attached hydrogen (secondary N) is 1. The van der Waals surface area contributed by atoms with E-state index >= 15 is 0 Å². The Hall–Kier alpha value is -2.70. The van der Waals surface area contributed by atoms with Crippen molar-refractivity contribution in [1.29, 1.82) is 0 Å². The van der Waals surface area contributed by atoms with Gasteiger partial charge < -0.3 is 15.0 Å². The lowest BCUT2D eigenvalue weighted by molar-refractivity contribution is -0.145. The average Bonchev–Trinajstić information content (AvgIpc) is 2.73. The maximum absolute atomic E-state index is 12.6. The van der Waals surface area contributed by atoms with Crippen LogP contribution in [0.4, 0.5) is 5.69 Å². The second-order valence-electron chi connectivity index (χ2n) is 6.95. The number of anilines is 1. The van der Waals surface area contributed by atoms with Gasteiger partial charge in [-0.05, 0) is 24.6 Å². The number of para-hydroxylation sites is 1. The van der Waals surface area contributed by atoms with E-state index in [0.29, 0.717) is 39.3 Å². The number of benzene rings is 2. The summed E-state index contributed by atoms with van der Waals surface area (Å²) in [7, 11) is 0. The second kappa shape index (κ2) is 10.0. The molecular formula is C22H27N3O3. The summed E-state index contributed by atoms with van der Waals surface area (Å²) in [6, 6.07) is 19.3. The van der Waals surface area contributed by atoms with Gasteiger partial charge in [-0.1, -0.05) is 48.5 Å². The minimum Gasteiger partial charge on any atom is -0.364 e. The van der Waals surface area contributed by atoms with Crippen LogP contribution in [-0.4, -0.2) is 60.4 Å². The first kappa shape index (κ1) is 20.0. The summed E-state index contributed by atoms with van der Waals surface area (Å²) in [4.78, 5) is 28.7. The van der Waals surface area contributed by atoms with Crippen molar-refractivity contribution in [1.82, 2.24) is 9.80 Å². The maximum atomic E-state index is 12.6. The van der Waals surface area contributed by atoms with Crippen LogP contribution in [0.2, 0.25) is 0 Å². The van der Waals surface area contributed by atoms with Crippen LogP contribution in [0.25, 0.3) is 0 Å². The first-order valence-corrected chi connectivity index (χ1v) is 9.63. The highest BCUT2D eigenvalue weighted by atomic mass is 16.5. The lowest BCUT2D eigenvalue weighted by atomic mass is 10.2. The molecule has 1 unspecified atom stereocenters. The van der Waals surface area contributed by atoms with E-state index in [2.05, 4.69) is 10.2 Å². The molecule has 3 rings (SSSR count). The number of piperazine rings is 1. The fourth-order valence-corrected chi connectivity index (χ4v) is 3.18. The highest BCUT2D eigenvalue weighted by Gasteiger charge is 2.26. The quantitative estimate of drug-likeness (QED) is 0.800. The summed E-state index contributed by atoms with van der Waals surface area (Å²) in [5, 5.41) is 2.89. The van der Waals surface area contributed by atoms with Gasteiger partial charge in [0.15, 0.2) is 0 Å². The number of ether oxygens (including phenoxy) is 1. The number of nitrogens with zero attached hydrogens (tertiary/aromatic N) is 2. The number of carbonyl (C=O) groups excluding carboxylic acids is 2. The summed E-state index contributed by atoms with van der Waals surface area (Å²) in [5.41, 5.74) is 1.85. The van der Waals surface area contributed by atoms with E-state index in [0.717, 1.165) is 11.3 Å². The molecule has 148 valence electrons. The molecule has 1 aliphatic heterocycles. The zero-order valence-electron chi connectivity index (χ0n) is 16.2. The molecule has 1 fully saturated rings. The molecule has 1 saturated heterocycles. The van der Waals surface area contributed by atoms with E-state index in [-0.39, 0.29) is 11.8 Å². The van der Waals surface area contributed by atoms with Crippen LogP contribution in [0.5, 0.6) is 0 Å². The minimum absolute atomic E-state index is 0.00400. The molecule has 28 heavy (non-hydrogen) atoms. The van der Waals surface area contributed by atoms with Crippen LogP contribution in [-0.2, 0) is 20.9 Å². The predicted octanol–water partition coefficient (Wildman–Crippen LogP) is 2.37. The van der Waals surface area contributed by atoms with Gasteiger partial charge in [0.05, 0.1) is 13.2 Å². The van der Waals surface area contributed by atoms with Crippen molar-refractivity contribution in [2.45, 2.75) is 19.6 Å². The van der Waals surface area contributed by atoms with E-state index < -0.39 is 6.10 Å². The van der Waals surface area contributed by atoms with Gasteiger partial charge in [0.2, 0.25) is 5.91 Å². The second-order valence-corrected chi connectivity index (χ2v) is 6.95. The molecule has 1 N–H and O–H groups in total. The van der Waals surface area contributed by atoms with Gasteiger partial charge in [0, 0.05) is 31.9 Å². The first-order chi connectivity index (χ1) is 13.6. The summed E-state index contributed by atoms with van der Waals surface area (Å²) >= 11 is 0. The molecule has 1 heterocycles. The molecule has 6 nitrogen and oxygen atoms in total. The van der Waals surface area contributed by atoms with Crippen molar-refractivity contribution in [3.05, 3.63) is 66.2 Å². The Morgan fingerprint density at radius 1 is 0.964 bits per heavy atom. The SMILES string of the molecule is CC(OCc1ccccc1)C(=O)N1CCN(CC(=O)Nc2ccccc2)CC1. The third-order valence-electron chi connectivity index (χ3n) is 4.80. The molecule has 0 aromatic heterocycles. The topological polar surface area (TPSA) is 61.9 Å². The highest BCUT2D eigenvalue weighted by molar-refractivity contribution is 5.92. The molecular weight excluding hydrogens is 354 g/mol. The smallest absolute Gasteiger partial charge is 0.251 e. The molecule has 0 bridgehead atoms. The summed E-state index contributed by atoms with van der Waals surface area (Å²) in [6.07, 6.45) is -0.479. The van der Waals surface area contributed by atoms with Crippen LogP contribution in [0, 0.1) is 0 Å². The van der Waals surface area contributed by atoms with Crippen molar-refractivity contribution >= 4 is 17.5 Å². The molecule has 2 aromatic carbocycles. The van der Waals surface area contributed by atoms with Crippen LogP contribution in [0.3, 0.4) is 0 Å². The average molecular weight is 381 g/mol. The Labute approximate surface area is 166 Å². The van der Waals surface area contributed by atoms with Crippen molar-refractivity contribution < 1.29 is 14.3 Å². The number of hydrogen-bond acceptors (Lipinski definition) is 4. The molecule has 0 saturated carbocycles. The Bertz CT molecular complexity index is 759. The monoisotopic (exact) mass is 381 g/mol. The number of rotatable bonds is 7. The first-order valence-electron chi connectivity index (χ1n) is 9.63. The standard InChI is InChI=1S/C22H27N3O3/c1-18(28-17-19-8-4-2-5-9-19)22(27)25-14-12-24(13-15-25)16-21(26)23-20-10-6-3-7-11-20/h2-11,18H,12-17H2,1H3,(H,23,26). The van der Waals surface area contributed by atoms with E-state index in [1.54, 1.807) is 6.92 Å². The van der Waals surface area contributed by atoms with E-state index in [1.165, 1.54) is 0 Å². The molecule has 6 heteroatoms. The van der Waals surface area contributed by atoms with Gasteiger partial charge in [-0.2, -0.15) is 0 Å². The maximum Gasteiger partial charge on any atom is 0.251 e. The van der Waals surface area contributed by atoms with Gasteiger partial charge in [0.25, 0.3) is 5.91 Å². The fourth-order valence-electron chi connectivity index (χ4n) is 3.18. The largest absolute Gasteiger partial charge is 0.364 e. The zero-order valence-corrected chi connectivity index (χ0v) is 16.2. The van der Waals surface area contributed by atoms with Crippen LogP contribution >= 0.6 is 0 Å². The third kappa shape index (κ3) is 5.90. The van der Waals surface area contributed by atoms with Crippen molar-refractivity contribution in [3.8, 4) is 0 Å². The Kier molecular flexibility index (Phi) is 7.17. The van der Waals surface area contributed by atoms with Gasteiger partial charge >= 0.3 is 0 Å². The molecule has 0 spiro atoms. The Morgan fingerprint density at radius 2 is 1.57 bits per heavy atom. The Balaban J connectivity index is 1.39. The Morgan fingerprint density at radius 3 is 2.21 bits per heavy atom. The lowest BCUT2D eigenvalue weighted by Gasteiger charge is -2.35. The highest BCUT2D eigenvalue weighted by Crippen LogP contribution is 2.10. The van der Waals surface area contributed by atoms with Crippen LogP contribution in [0.15, 0.2) is 60.7 Å². The van der Waals surface area contributed by atoms with Gasteiger partial charge in [-0.25, -0.2) is 0 Å². The molecule has 2 amide bonds. The summed E-state index contributed by atoms with van der Waals surface area (Å²) in [5.74, 6) is -0.0325. The van der Waals surface area contributed by atoms with E-state index in [1.807, 2.05) is 65.6 Å². The molecule has 0 aliphatic carbocycles. The third-order valence-corrected chi connectivity index (χ3v) is 4.80. The molecule has 1 aliphatic rings. The summed E-state index contributed by atoms with van der Waals surface area (Å²) in [6.45, 7) is 5.13. The minimum atomic E-state index is -0.479. The van der Waals surface area contributed by atoms with Crippen molar-refractivity contribution in [2.75, 3.05) is 38.0 Å². The predicted molar refractivity (Wildman–Crippen MR) is 109 cm³/mol. The zero-order chi connectivity index (χ0) is 19.8. The summed E-state index contributed by atoms with van der Waals surface area (Å²) < 4.78 is 5.73. The molecule has 1 atom stereocenters. The number of carbonyl (C=O) groups is 2. The fraction of sp³-hybridized carbons (Fsp3) is 0.364. The van der Waals surface area contributed by atoms with Crippen LogP contribution < -0.4 is 5.32 Å².